The summed E-state index contributed by atoms with van der Waals surface area (Å²) in [7, 11) is 0. The van der Waals surface area contributed by atoms with E-state index >= 15 is 0 Å². The van der Waals surface area contributed by atoms with Crippen LogP contribution in [-0.2, 0) is 9.59 Å². The average Bonchev–Trinajstić information content (AvgIpc) is 2.86. The number of hydrogen-bond donors (Lipinski definition) is 1. The number of carbonyl (C=O) groups excluding carboxylic acids is 2. The molecule has 0 aromatic heterocycles. The molecule has 1 aliphatic heterocycles. The van der Waals surface area contributed by atoms with E-state index in [1.165, 1.54) is 4.90 Å². The summed E-state index contributed by atoms with van der Waals surface area (Å²) >= 11 is 5.18. The molecule has 0 spiro atoms. The molecule has 1 unspecified atom stereocenters. The molecule has 2 fully saturated rings. The third-order valence-electron chi connectivity index (χ3n) is 5.05. The first-order chi connectivity index (χ1) is 8.75. The maximum atomic E-state index is 12.8. The van der Waals surface area contributed by atoms with Crippen molar-refractivity contribution in [3.05, 3.63) is 0 Å². The Labute approximate surface area is 119 Å². The van der Waals surface area contributed by atoms with Crippen molar-refractivity contribution >= 4 is 29.0 Å². The van der Waals surface area contributed by atoms with Crippen molar-refractivity contribution in [1.29, 1.82) is 0 Å². The fourth-order valence-corrected chi connectivity index (χ4v) is 3.56. The minimum Gasteiger partial charge on any atom is -0.391 e. The molecule has 19 heavy (non-hydrogen) atoms. The van der Waals surface area contributed by atoms with Crippen LogP contribution in [0.4, 0.5) is 0 Å². The van der Waals surface area contributed by atoms with Crippen LogP contribution in [0.3, 0.4) is 0 Å². The van der Waals surface area contributed by atoms with E-state index in [1.807, 2.05) is 20.8 Å². The molecule has 2 N–H and O–H groups in total. The highest BCUT2D eigenvalue weighted by Crippen LogP contribution is 2.46. The number of amides is 2. The molecule has 1 aliphatic carbocycles. The van der Waals surface area contributed by atoms with Crippen molar-refractivity contribution in [3.63, 3.8) is 0 Å². The number of hydrogen-bond acceptors (Lipinski definition) is 3. The Morgan fingerprint density at radius 3 is 2.21 bits per heavy atom. The number of nitrogens with zero attached hydrogens (tertiary/aromatic N) is 1. The monoisotopic (exact) mass is 282 g/mol. The number of carbonyl (C=O) groups is 2. The number of thiocarbonyl (C=S) groups is 1. The van der Waals surface area contributed by atoms with Gasteiger partial charge in [0, 0.05) is 6.42 Å². The fraction of sp³-hybridized carbons (Fsp3) is 0.786. The summed E-state index contributed by atoms with van der Waals surface area (Å²) in [6.45, 7) is 5.84. The Balaban J connectivity index is 2.43. The van der Waals surface area contributed by atoms with Crippen molar-refractivity contribution in [2.45, 2.75) is 58.4 Å². The molecule has 5 heteroatoms. The highest BCUT2D eigenvalue weighted by molar-refractivity contribution is 7.80. The minimum atomic E-state index is -0.698. The van der Waals surface area contributed by atoms with E-state index in [0.717, 1.165) is 12.8 Å². The molecular formula is C14H22N2O2S. The van der Waals surface area contributed by atoms with E-state index in [0.29, 0.717) is 17.8 Å². The Bertz CT molecular complexity index is 441. The highest BCUT2D eigenvalue weighted by Gasteiger charge is 2.58. The largest absolute Gasteiger partial charge is 0.391 e. The fourth-order valence-electron chi connectivity index (χ4n) is 3.26. The molecule has 0 aromatic rings. The van der Waals surface area contributed by atoms with Gasteiger partial charge in [-0.3, -0.25) is 14.5 Å². The zero-order chi connectivity index (χ0) is 14.4. The first-order valence-corrected chi connectivity index (χ1v) is 7.34. The number of imide groups is 1. The maximum Gasteiger partial charge on any atom is 0.236 e. The molecule has 0 aromatic carbocycles. The Kier molecular flexibility index (Phi) is 3.45. The van der Waals surface area contributed by atoms with E-state index in [-0.39, 0.29) is 24.2 Å². The molecule has 0 radical (unpaired) electrons. The van der Waals surface area contributed by atoms with Crippen molar-refractivity contribution in [1.82, 2.24) is 4.90 Å². The molecule has 1 atom stereocenters. The predicted molar refractivity (Wildman–Crippen MR) is 77.4 cm³/mol. The van der Waals surface area contributed by atoms with Gasteiger partial charge in [-0.2, -0.15) is 0 Å². The van der Waals surface area contributed by atoms with Crippen LogP contribution in [0.5, 0.6) is 0 Å². The third kappa shape index (κ3) is 1.90. The minimum absolute atomic E-state index is 0.0952. The van der Waals surface area contributed by atoms with Crippen LogP contribution in [0.25, 0.3) is 0 Å². The lowest BCUT2D eigenvalue weighted by atomic mass is 9.77. The summed E-state index contributed by atoms with van der Waals surface area (Å²) in [5.41, 5.74) is 4.58. The normalized spacial score (nSPS) is 30.4. The molecular weight excluding hydrogens is 260 g/mol. The summed E-state index contributed by atoms with van der Waals surface area (Å²) in [6.07, 6.45) is 3.63. The van der Waals surface area contributed by atoms with Gasteiger partial charge in [-0.05, 0) is 25.7 Å². The number of likely N-dealkylation sites (tertiary alicyclic amines) is 1. The summed E-state index contributed by atoms with van der Waals surface area (Å²) in [6, 6.07) is 0. The molecule has 1 saturated heterocycles. The van der Waals surface area contributed by atoms with Crippen LogP contribution in [0.1, 0.15) is 52.9 Å². The van der Waals surface area contributed by atoms with Gasteiger partial charge in [-0.25, -0.2) is 0 Å². The van der Waals surface area contributed by atoms with Gasteiger partial charge in [0.15, 0.2) is 0 Å². The standard InChI is InChI=1S/C14H22N2O2S/c1-9(2)13(3)8-10(17)16(12(13)18)14(11(15)19)6-4-5-7-14/h9H,4-8H2,1-3H3,(H2,15,19). The van der Waals surface area contributed by atoms with Crippen molar-refractivity contribution in [2.75, 3.05) is 0 Å². The van der Waals surface area contributed by atoms with Crippen molar-refractivity contribution in [2.24, 2.45) is 17.1 Å². The smallest absolute Gasteiger partial charge is 0.236 e. The van der Waals surface area contributed by atoms with E-state index in [4.69, 9.17) is 18.0 Å². The van der Waals surface area contributed by atoms with Gasteiger partial charge in [0.1, 0.15) is 5.54 Å². The van der Waals surface area contributed by atoms with Gasteiger partial charge in [-0.15, -0.1) is 0 Å². The van der Waals surface area contributed by atoms with Gasteiger partial charge in [-0.1, -0.05) is 38.9 Å². The van der Waals surface area contributed by atoms with Crippen molar-refractivity contribution < 1.29 is 9.59 Å². The van der Waals surface area contributed by atoms with Gasteiger partial charge in [0.05, 0.1) is 10.4 Å². The van der Waals surface area contributed by atoms with Gasteiger partial charge in [0.25, 0.3) is 0 Å². The summed E-state index contributed by atoms with van der Waals surface area (Å²) in [4.78, 5) is 26.9. The molecule has 1 heterocycles. The number of rotatable bonds is 3. The quantitative estimate of drug-likeness (QED) is 0.635. The summed E-state index contributed by atoms with van der Waals surface area (Å²) in [5.74, 6) is -0.0863. The second kappa shape index (κ2) is 4.54. The SMILES string of the molecule is CC(C)C1(C)CC(=O)N(C2(C(N)=S)CCCC2)C1=O. The lowest BCUT2D eigenvalue weighted by Crippen LogP contribution is -2.58. The Hall–Kier alpha value is -0.970. The average molecular weight is 282 g/mol. The molecule has 0 bridgehead atoms. The molecule has 4 nitrogen and oxygen atoms in total. The van der Waals surface area contributed by atoms with E-state index in [1.54, 1.807) is 0 Å². The Morgan fingerprint density at radius 2 is 1.84 bits per heavy atom. The first-order valence-electron chi connectivity index (χ1n) is 6.93. The third-order valence-corrected chi connectivity index (χ3v) is 5.43. The van der Waals surface area contributed by atoms with Crippen LogP contribution in [-0.4, -0.2) is 27.2 Å². The molecule has 1 saturated carbocycles. The molecule has 2 rings (SSSR count). The second-order valence-corrected chi connectivity index (χ2v) is 6.83. The molecule has 106 valence electrons. The zero-order valence-electron chi connectivity index (χ0n) is 11.9. The Morgan fingerprint density at radius 1 is 1.32 bits per heavy atom. The van der Waals surface area contributed by atoms with Crippen molar-refractivity contribution in [3.8, 4) is 0 Å². The van der Waals surface area contributed by atoms with Crippen LogP contribution in [0.2, 0.25) is 0 Å². The van der Waals surface area contributed by atoms with Crippen LogP contribution in [0, 0.1) is 11.3 Å². The van der Waals surface area contributed by atoms with Gasteiger partial charge >= 0.3 is 0 Å². The summed E-state index contributed by atoms with van der Waals surface area (Å²) < 4.78 is 0. The van der Waals surface area contributed by atoms with Crippen LogP contribution in [0.15, 0.2) is 0 Å². The molecule has 2 aliphatic rings. The summed E-state index contributed by atoms with van der Waals surface area (Å²) in [5, 5.41) is 0. The topological polar surface area (TPSA) is 63.4 Å². The molecule has 2 amide bonds. The van der Waals surface area contributed by atoms with Crippen LogP contribution < -0.4 is 5.73 Å². The van der Waals surface area contributed by atoms with E-state index in [2.05, 4.69) is 0 Å². The highest BCUT2D eigenvalue weighted by atomic mass is 32.1. The van der Waals surface area contributed by atoms with E-state index < -0.39 is 11.0 Å². The van der Waals surface area contributed by atoms with Crippen LogP contribution >= 0.6 is 12.2 Å². The zero-order valence-corrected chi connectivity index (χ0v) is 12.7. The van der Waals surface area contributed by atoms with Gasteiger partial charge in [0.2, 0.25) is 11.8 Å². The van der Waals surface area contributed by atoms with E-state index in [9.17, 15) is 9.59 Å². The lowest BCUT2D eigenvalue weighted by Gasteiger charge is -2.38. The second-order valence-electron chi connectivity index (χ2n) is 6.39. The first kappa shape index (κ1) is 14.4. The predicted octanol–water partition coefficient (Wildman–Crippen LogP) is 2.01. The number of nitrogens with two attached hydrogens (primary N) is 1. The van der Waals surface area contributed by atoms with Gasteiger partial charge < -0.3 is 5.73 Å². The lowest BCUT2D eigenvalue weighted by molar-refractivity contribution is -0.146. The maximum absolute atomic E-state index is 12.8.